The van der Waals surface area contributed by atoms with Gasteiger partial charge in [0.25, 0.3) is 0 Å². The summed E-state index contributed by atoms with van der Waals surface area (Å²) >= 11 is 1.58. The third-order valence-electron chi connectivity index (χ3n) is 9.70. The van der Waals surface area contributed by atoms with Gasteiger partial charge in [0.1, 0.15) is 17.8 Å². The number of aryl methyl sites for hydroxylation is 2. The molecule has 1 fully saturated rings. The number of aliphatic hydroxyl groups excluding tert-OH is 1. The number of aliphatic hydroxyl groups is 1. The van der Waals surface area contributed by atoms with Crippen molar-refractivity contribution in [3.63, 3.8) is 0 Å². The van der Waals surface area contributed by atoms with E-state index in [1.54, 1.807) is 11.3 Å². The molecule has 1 aliphatic heterocycles. The summed E-state index contributed by atoms with van der Waals surface area (Å²) in [7, 11) is 0. The fourth-order valence-electron chi connectivity index (χ4n) is 6.67. The summed E-state index contributed by atoms with van der Waals surface area (Å²) in [6.45, 7) is 11.5. The second-order valence-corrected chi connectivity index (χ2v) is 16.2. The van der Waals surface area contributed by atoms with Crippen LogP contribution in [0.2, 0.25) is 0 Å². The first kappa shape index (κ1) is 41.5. The molecule has 3 aromatic rings. The molecule has 5 atom stereocenters. The van der Waals surface area contributed by atoms with Crippen LogP contribution < -0.4 is 21.1 Å². The Labute approximate surface area is 318 Å². The van der Waals surface area contributed by atoms with Crippen molar-refractivity contribution >= 4 is 35.0 Å². The summed E-state index contributed by atoms with van der Waals surface area (Å²) in [4.78, 5) is 58.6. The maximum atomic E-state index is 14.0. The van der Waals surface area contributed by atoms with Crippen LogP contribution in [0.4, 0.5) is 0 Å². The highest BCUT2D eigenvalue weighted by Crippen LogP contribution is 2.30. The SMILES string of the molecule is Cc1ncsc1-c1ccc([C@H](C)NC(=O)[C@@H]2C[C@@H](O)CN2C(=O)[C@@H](NC(=O)CCCCCc2cccc(O[C@H](C)CCCC(N)=O)c2)C(C)(C)C)cc1. The van der Waals surface area contributed by atoms with E-state index in [2.05, 4.69) is 21.7 Å². The molecule has 4 amide bonds. The van der Waals surface area contributed by atoms with E-state index in [1.807, 2.05) is 89.5 Å². The minimum absolute atomic E-state index is 0.0249. The topological polar surface area (TPSA) is 164 Å². The number of nitrogens with two attached hydrogens (primary N) is 1. The van der Waals surface area contributed by atoms with Gasteiger partial charge in [-0.25, -0.2) is 4.98 Å². The van der Waals surface area contributed by atoms with E-state index < -0.39 is 23.6 Å². The first-order valence-electron chi connectivity index (χ1n) is 18.7. The lowest BCUT2D eigenvalue weighted by Gasteiger charge is -2.35. The first-order chi connectivity index (χ1) is 25.1. The van der Waals surface area contributed by atoms with Crippen molar-refractivity contribution in [3.8, 4) is 16.2 Å². The zero-order valence-corrected chi connectivity index (χ0v) is 32.8. The van der Waals surface area contributed by atoms with Gasteiger partial charge in [-0.05, 0) is 87.1 Å². The zero-order chi connectivity index (χ0) is 38.7. The van der Waals surface area contributed by atoms with Crippen LogP contribution in [0.3, 0.4) is 0 Å². The summed E-state index contributed by atoms with van der Waals surface area (Å²) in [5, 5.41) is 16.6. The molecule has 5 N–H and O–H groups in total. The third-order valence-corrected chi connectivity index (χ3v) is 10.7. The minimum atomic E-state index is -0.864. The molecule has 1 saturated heterocycles. The molecule has 2 heterocycles. The average molecular weight is 748 g/mol. The molecule has 0 radical (unpaired) electrons. The maximum Gasteiger partial charge on any atom is 0.246 e. The van der Waals surface area contributed by atoms with Crippen LogP contribution >= 0.6 is 11.3 Å². The predicted octanol–water partition coefficient (Wildman–Crippen LogP) is 6.01. The van der Waals surface area contributed by atoms with E-state index in [0.717, 1.165) is 58.7 Å². The van der Waals surface area contributed by atoms with Gasteiger partial charge in [-0.1, -0.05) is 63.6 Å². The molecule has 0 saturated carbocycles. The predicted molar refractivity (Wildman–Crippen MR) is 208 cm³/mol. The second-order valence-electron chi connectivity index (χ2n) is 15.4. The number of nitrogens with one attached hydrogen (secondary N) is 2. The molecule has 0 aliphatic carbocycles. The standard InChI is InChI=1S/C41H57N5O6S/c1-26(12-10-16-35(42)48)52-33-15-11-14-29(22-33)13-8-7-9-17-36(49)45-38(41(4,5)6)40(51)46-24-32(47)23-34(46)39(50)44-27(2)30-18-20-31(21-19-30)37-28(3)43-25-53-37/h11,14-15,18-22,25-27,32,34,38,47H,7-10,12-13,16-17,23-24H2,1-6H3,(H2,42,48)(H,44,50)(H,45,49)/t26-,27+,32-,34+,38-/m1/s1. The molecule has 12 heteroatoms. The van der Waals surface area contributed by atoms with Crippen LogP contribution in [0.15, 0.2) is 54.0 Å². The van der Waals surface area contributed by atoms with Gasteiger partial charge in [0.05, 0.1) is 34.3 Å². The van der Waals surface area contributed by atoms with Crippen molar-refractivity contribution in [2.24, 2.45) is 11.1 Å². The van der Waals surface area contributed by atoms with E-state index in [9.17, 15) is 24.3 Å². The molecule has 2 aromatic carbocycles. The monoisotopic (exact) mass is 747 g/mol. The number of ether oxygens (including phenoxy) is 1. The Kier molecular flexibility index (Phi) is 15.0. The molecular formula is C41H57N5O6S. The highest BCUT2D eigenvalue weighted by molar-refractivity contribution is 7.13. The quantitative estimate of drug-likeness (QED) is 0.116. The lowest BCUT2D eigenvalue weighted by Crippen LogP contribution is -2.57. The van der Waals surface area contributed by atoms with E-state index in [-0.39, 0.29) is 55.2 Å². The van der Waals surface area contributed by atoms with Gasteiger partial charge < -0.3 is 31.1 Å². The Balaban J connectivity index is 1.26. The Morgan fingerprint density at radius 3 is 2.42 bits per heavy atom. The van der Waals surface area contributed by atoms with E-state index in [1.165, 1.54) is 4.90 Å². The van der Waals surface area contributed by atoms with Crippen molar-refractivity contribution in [2.45, 2.75) is 130 Å². The normalized spacial score (nSPS) is 17.5. The minimum Gasteiger partial charge on any atom is -0.491 e. The number of β-amino-alcohol motifs (C(OH)–C–C–N with tert-alkyl or cyclic N) is 1. The lowest BCUT2D eigenvalue weighted by atomic mass is 9.85. The molecule has 1 aliphatic rings. The fourth-order valence-corrected chi connectivity index (χ4v) is 7.48. The lowest BCUT2D eigenvalue weighted by molar-refractivity contribution is -0.144. The van der Waals surface area contributed by atoms with Crippen molar-refractivity contribution in [1.29, 1.82) is 0 Å². The van der Waals surface area contributed by atoms with Crippen molar-refractivity contribution < 1.29 is 29.0 Å². The second kappa shape index (κ2) is 19.2. The number of nitrogens with zero attached hydrogens (tertiary/aromatic N) is 2. The van der Waals surface area contributed by atoms with Gasteiger partial charge in [0.2, 0.25) is 23.6 Å². The van der Waals surface area contributed by atoms with Gasteiger partial charge in [-0.2, -0.15) is 0 Å². The van der Waals surface area contributed by atoms with E-state index >= 15 is 0 Å². The number of aromatic nitrogens is 1. The van der Waals surface area contributed by atoms with E-state index in [0.29, 0.717) is 19.3 Å². The Hall–Kier alpha value is -4.29. The van der Waals surface area contributed by atoms with Crippen molar-refractivity contribution in [1.82, 2.24) is 20.5 Å². The summed E-state index contributed by atoms with van der Waals surface area (Å²) < 4.78 is 6.02. The van der Waals surface area contributed by atoms with Crippen LogP contribution in [0.25, 0.3) is 10.4 Å². The molecular weight excluding hydrogens is 691 g/mol. The number of amides is 4. The molecule has 0 bridgehead atoms. The first-order valence-corrected chi connectivity index (χ1v) is 19.6. The van der Waals surface area contributed by atoms with Crippen LogP contribution in [0.5, 0.6) is 5.75 Å². The Bertz CT molecular complexity index is 1690. The van der Waals surface area contributed by atoms with Gasteiger partial charge in [-0.15, -0.1) is 11.3 Å². The number of thiazole rings is 1. The Morgan fingerprint density at radius 1 is 1.02 bits per heavy atom. The van der Waals surface area contributed by atoms with Gasteiger partial charge in [-0.3, -0.25) is 19.2 Å². The summed E-state index contributed by atoms with van der Waals surface area (Å²) in [6.07, 6.45) is 4.57. The average Bonchev–Trinajstić information content (AvgIpc) is 3.71. The number of carbonyl (C=O) groups is 4. The molecule has 0 unspecified atom stereocenters. The summed E-state index contributed by atoms with van der Waals surface area (Å²) in [5.74, 6) is -0.437. The van der Waals surface area contributed by atoms with Crippen LogP contribution in [0.1, 0.15) is 109 Å². The molecule has 4 rings (SSSR count). The molecule has 53 heavy (non-hydrogen) atoms. The highest BCUT2D eigenvalue weighted by atomic mass is 32.1. The maximum absolute atomic E-state index is 14.0. The number of likely N-dealkylation sites (tertiary alicyclic amines) is 1. The summed E-state index contributed by atoms with van der Waals surface area (Å²) in [6, 6.07) is 13.9. The van der Waals surface area contributed by atoms with Crippen LogP contribution in [0, 0.1) is 12.3 Å². The van der Waals surface area contributed by atoms with Gasteiger partial charge in [0.15, 0.2) is 0 Å². The van der Waals surface area contributed by atoms with Crippen molar-refractivity contribution in [2.75, 3.05) is 6.54 Å². The number of benzene rings is 2. The van der Waals surface area contributed by atoms with E-state index in [4.69, 9.17) is 10.5 Å². The molecule has 1 aromatic heterocycles. The third kappa shape index (κ3) is 12.4. The number of unbranched alkanes of at least 4 members (excludes halogenated alkanes) is 2. The smallest absolute Gasteiger partial charge is 0.246 e. The van der Waals surface area contributed by atoms with Crippen LogP contribution in [-0.4, -0.2) is 69.5 Å². The number of hydrogen-bond donors (Lipinski definition) is 4. The molecule has 0 spiro atoms. The molecule has 288 valence electrons. The number of primary amides is 1. The van der Waals surface area contributed by atoms with Crippen LogP contribution in [-0.2, 0) is 25.6 Å². The van der Waals surface area contributed by atoms with Gasteiger partial charge in [0, 0.05) is 25.8 Å². The number of carbonyl (C=O) groups excluding carboxylic acids is 4. The fraction of sp³-hybridized carbons (Fsp3) is 0.537. The number of rotatable bonds is 18. The summed E-state index contributed by atoms with van der Waals surface area (Å²) in [5.41, 5.74) is 10.5. The highest BCUT2D eigenvalue weighted by Gasteiger charge is 2.44. The Morgan fingerprint density at radius 2 is 1.75 bits per heavy atom. The largest absolute Gasteiger partial charge is 0.491 e. The zero-order valence-electron chi connectivity index (χ0n) is 32.0. The molecule has 11 nitrogen and oxygen atoms in total. The number of hydrogen-bond acceptors (Lipinski definition) is 8. The van der Waals surface area contributed by atoms with Gasteiger partial charge >= 0.3 is 0 Å². The van der Waals surface area contributed by atoms with Crippen molar-refractivity contribution in [3.05, 3.63) is 70.9 Å².